The van der Waals surface area contributed by atoms with E-state index in [4.69, 9.17) is 23.1 Å². The summed E-state index contributed by atoms with van der Waals surface area (Å²) in [7, 11) is 0. The minimum Gasteiger partial charge on any atom is -0.398 e. The van der Waals surface area contributed by atoms with E-state index in [0.29, 0.717) is 11.4 Å². The van der Waals surface area contributed by atoms with Crippen molar-refractivity contribution in [2.24, 2.45) is 5.73 Å². The number of benzene rings is 2. The van der Waals surface area contributed by atoms with Gasteiger partial charge in [0.25, 0.3) is 0 Å². The van der Waals surface area contributed by atoms with Crippen LogP contribution in [-0.4, -0.2) is 0 Å². The molecule has 4 N–H and O–H groups in total. The molecule has 1 heterocycles. The van der Waals surface area contributed by atoms with Gasteiger partial charge in [-0.3, -0.25) is 0 Å². The van der Waals surface area contributed by atoms with Crippen LogP contribution in [0.2, 0.25) is 5.02 Å². The van der Waals surface area contributed by atoms with Crippen molar-refractivity contribution in [3.8, 4) is 0 Å². The number of hydrogen-bond acceptors (Lipinski definition) is 3. The Kier molecular flexibility index (Phi) is 3.35. The third kappa shape index (κ3) is 2.17. The molecule has 0 aromatic heterocycles. The van der Waals surface area contributed by atoms with Gasteiger partial charge in [0.1, 0.15) is 6.17 Å². The molecule has 5 heteroatoms. The first-order valence-electron chi connectivity index (χ1n) is 6.56. The summed E-state index contributed by atoms with van der Waals surface area (Å²) in [5.41, 5.74) is 16.1. The molecule has 0 saturated carbocycles. The van der Waals surface area contributed by atoms with Crippen LogP contribution in [0, 0.1) is 12.7 Å². The summed E-state index contributed by atoms with van der Waals surface area (Å²) < 4.78 is 14.2. The highest BCUT2D eigenvalue weighted by atomic mass is 35.5. The molecule has 0 amide bonds. The van der Waals surface area contributed by atoms with Crippen LogP contribution in [-0.2, 0) is 0 Å². The van der Waals surface area contributed by atoms with Gasteiger partial charge in [0.05, 0.1) is 10.7 Å². The van der Waals surface area contributed by atoms with Crippen molar-refractivity contribution in [3.05, 3.63) is 64.1 Å². The number of fused-ring (bicyclic) bond motifs is 1. The Morgan fingerprint density at radius 2 is 2.00 bits per heavy atom. The molecular formula is C16H15ClFN3. The van der Waals surface area contributed by atoms with Crippen LogP contribution in [0.3, 0.4) is 0 Å². The molecule has 0 aliphatic carbocycles. The van der Waals surface area contributed by atoms with E-state index in [1.807, 2.05) is 25.1 Å². The third-order valence-corrected chi connectivity index (χ3v) is 4.06. The Hall–Kier alpha value is -2.04. The molecule has 108 valence electrons. The van der Waals surface area contributed by atoms with Gasteiger partial charge in [-0.15, -0.1) is 0 Å². The number of nitrogens with two attached hydrogens (primary N) is 2. The lowest BCUT2D eigenvalue weighted by Gasteiger charge is -2.33. The monoisotopic (exact) mass is 303 g/mol. The van der Waals surface area contributed by atoms with E-state index >= 15 is 0 Å². The maximum atomic E-state index is 14.2. The van der Waals surface area contributed by atoms with Crippen LogP contribution in [0.4, 0.5) is 15.8 Å². The standard InChI is InChI=1S/C16H15ClFN3/c1-9-5-6-11-10(15(9)19)7-8-21(16(11)20)13-4-2-3-12(17)14(13)18/h2-8,16H,19-20H2,1H3. The predicted molar refractivity (Wildman–Crippen MR) is 85.4 cm³/mol. The Morgan fingerprint density at radius 3 is 2.76 bits per heavy atom. The number of hydrogen-bond donors (Lipinski definition) is 2. The van der Waals surface area contributed by atoms with Gasteiger partial charge in [-0.05, 0) is 36.3 Å². The van der Waals surface area contributed by atoms with Gasteiger partial charge in [-0.1, -0.05) is 29.8 Å². The molecule has 1 aliphatic rings. The van der Waals surface area contributed by atoms with Crippen molar-refractivity contribution in [2.45, 2.75) is 13.1 Å². The number of nitrogens with zero attached hydrogens (tertiary/aromatic N) is 1. The highest BCUT2D eigenvalue weighted by Gasteiger charge is 2.25. The molecule has 0 bridgehead atoms. The molecule has 2 aromatic rings. The Bertz CT molecular complexity index is 743. The average molecular weight is 304 g/mol. The van der Waals surface area contributed by atoms with Gasteiger partial charge >= 0.3 is 0 Å². The first-order valence-corrected chi connectivity index (χ1v) is 6.93. The van der Waals surface area contributed by atoms with E-state index in [-0.39, 0.29) is 5.02 Å². The Labute approximate surface area is 127 Å². The first kappa shape index (κ1) is 13.9. The van der Waals surface area contributed by atoms with Crippen LogP contribution in [0.1, 0.15) is 22.9 Å². The van der Waals surface area contributed by atoms with Gasteiger partial charge in [0.15, 0.2) is 5.82 Å². The highest BCUT2D eigenvalue weighted by molar-refractivity contribution is 6.31. The third-order valence-electron chi connectivity index (χ3n) is 3.77. The molecule has 0 spiro atoms. The molecular weight excluding hydrogens is 289 g/mol. The van der Waals surface area contributed by atoms with Gasteiger partial charge in [0.2, 0.25) is 0 Å². The minimum atomic E-state index is -0.513. The lowest BCUT2D eigenvalue weighted by atomic mass is 9.96. The summed E-state index contributed by atoms with van der Waals surface area (Å²) in [4.78, 5) is 1.65. The summed E-state index contributed by atoms with van der Waals surface area (Å²) in [6.07, 6.45) is 3.07. The van der Waals surface area contributed by atoms with E-state index in [1.54, 1.807) is 23.2 Å². The summed E-state index contributed by atoms with van der Waals surface area (Å²) in [6.45, 7) is 1.94. The molecule has 1 unspecified atom stereocenters. The zero-order valence-corrected chi connectivity index (χ0v) is 12.2. The minimum absolute atomic E-state index is 0.0716. The van der Waals surface area contributed by atoms with Crippen molar-refractivity contribution in [1.29, 1.82) is 0 Å². The summed E-state index contributed by atoms with van der Waals surface area (Å²) in [6, 6.07) is 8.69. The van der Waals surface area contributed by atoms with Gasteiger partial charge in [0, 0.05) is 17.5 Å². The molecule has 1 atom stereocenters. The van der Waals surface area contributed by atoms with E-state index in [9.17, 15) is 4.39 Å². The largest absolute Gasteiger partial charge is 0.398 e. The highest BCUT2D eigenvalue weighted by Crippen LogP contribution is 2.37. The van der Waals surface area contributed by atoms with Crippen LogP contribution in [0.25, 0.3) is 6.08 Å². The molecule has 21 heavy (non-hydrogen) atoms. The number of rotatable bonds is 1. The molecule has 3 nitrogen and oxygen atoms in total. The second-order valence-electron chi connectivity index (χ2n) is 5.04. The van der Waals surface area contributed by atoms with Gasteiger partial charge in [-0.2, -0.15) is 0 Å². The number of anilines is 2. The van der Waals surface area contributed by atoms with Crippen molar-refractivity contribution < 1.29 is 4.39 Å². The Morgan fingerprint density at radius 1 is 1.24 bits per heavy atom. The second kappa shape index (κ2) is 5.06. The van der Waals surface area contributed by atoms with Crippen molar-refractivity contribution in [2.75, 3.05) is 10.6 Å². The number of aryl methyl sites for hydroxylation is 1. The number of nitrogen functional groups attached to an aromatic ring is 1. The normalized spacial score (nSPS) is 17.0. The van der Waals surface area contributed by atoms with E-state index in [0.717, 1.165) is 16.7 Å². The van der Waals surface area contributed by atoms with Crippen LogP contribution in [0.15, 0.2) is 36.5 Å². The van der Waals surface area contributed by atoms with E-state index in [2.05, 4.69) is 0 Å². The molecule has 0 fully saturated rings. The SMILES string of the molecule is Cc1ccc2c(c1N)C=CN(c1cccc(Cl)c1F)C2N. The fourth-order valence-corrected chi connectivity index (χ4v) is 2.70. The lowest BCUT2D eigenvalue weighted by molar-refractivity contribution is 0.612. The maximum Gasteiger partial charge on any atom is 0.165 e. The van der Waals surface area contributed by atoms with Crippen molar-refractivity contribution in [1.82, 2.24) is 0 Å². The van der Waals surface area contributed by atoms with E-state index < -0.39 is 12.0 Å². The molecule has 0 radical (unpaired) electrons. The van der Waals surface area contributed by atoms with Crippen LogP contribution < -0.4 is 16.4 Å². The fourth-order valence-electron chi connectivity index (χ4n) is 2.53. The predicted octanol–water partition coefficient (Wildman–Crippen LogP) is 3.82. The fraction of sp³-hybridized carbons (Fsp3) is 0.125. The Balaban J connectivity index is 2.10. The molecule has 1 aliphatic heterocycles. The zero-order valence-electron chi connectivity index (χ0n) is 11.5. The zero-order chi connectivity index (χ0) is 15.1. The van der Waals surface area contributed by atoms with Crippen molar-refractivity contribution >= 4 is 29.1 Å². The summed E-state index contributed by atoms with van der Waals surface area (Å²) in [5.74, 6) is -0.484. The molecule has 2 aromatic carbocycles. The summed E-state index contributed by atoms with van der Waals surface area (Å²) in [5, 5.41) is 0.0716. The van der Waals surface area contributed by atoms with Gasteiger partial charge < -0.3 is 16.4 Å². The smallest absolute Gasteiger partial charge is 0.165 e. The first-order chi connectivity index (χ1) is 10.0. The van der Waals surface area contributed by atoms with Crippen LogP contribution >= 0.6 is 11.6 Å². The van der Waals surface area contributed by atoms with E-state index in [1.165, 1.54) is 6.07 Å². The average Bonchev–Trinajstić information content (AvgIpc) is 2.47. The topological polar surface area (TPSA) is 55.3 Å². The summed E-state index contributed by atoms with van der Waals surface area (Å²) >= 11 is 5.84. The number of halogens is 2. The molecule has 3 rings (SSSR count). The van der Waals surface area contributed by atoms with Crippen LogP contribution in [0.5, 0.6) is 0 Å². The quantitative estimate of drug-likeness (QED) is 0.788. The maximum absolute atomic E-state index is 14.2. The molecule has 0 saturated heterocycles. The lowest BCUT2D eigenvalue weighted by Crippen LogP contribution is -2.33. The van der Waals surface area contributed by atoms with Gasteiger partial charge in [-0.25, -0.2) is 4.39 Å². The van der Waals surface area contributed by atoms with Crippen molar-refractivity contribution in [3.63, 3.8) is 0 Å². The second-order valence-corrected chi connectivity index (χ2v) is 5.45.